The third kappa shape index (κ3) is 13.7. The molecule has 0 radical (unpaired) electrons. The maximum Gasteiger partial charge on any atom is 0.573 e. The molecular weight excluding hydrogens is 1080 g/mol. The zero-order valence-electron chi connectivity index (χ0n) is 46.1. The van der Waals surface area contributed by atoms with Gasteiger partial charge in [0.2, 0.25) is 17.7 Å². The monoisotopic (exact) mass is 1140 g/mol. The van der Waals surface area contributed by atoms with Crippen LogP contribution in [0.4, 0.5) is 30.2 Å². The van der Waals surface area contributed by atoms with Crippen molar-refractivity contribution >= 4 is 82.0 Å². The number of nitrogens with one attached hydrogen (secondary N) is 3. The Bertz CT molecular complexity index is 3340. The highest BCUT2D eigenvalue weighted by Crippen LogP contribution is 2.42. The summed E-state index contributed by atoms with van der Waals surface area (Å²) in [5.41, 5.74) is 4.93. The van der Waals surface area contributed by atoms with E-state index in [2.05, 4.69) is 25.7 Å². The number of hydrogen-bond donors (Lipinski definition) is 3. The van der Waals surface area contributed by atoms with Gasteiger partial charge in [-0.3, -0.25) is 48.4 Å². The molecular formula is C60H61F3N8O12. The van der Waals surface area contributed by atoms with Crippen molar-refractivity contribution in [2.75, 3.05) is 39.3 Å². The van der Waals surface area contributed by atoms with Crippen molar-refractivity contribution in [3.8, 4) is 28.7 Å². The second-order valence-electron chi connectivity index (χ2n) is 20.6. The van der Waals surface area contributed by atoms with Crippen LogP contribution in [0, 0.1) is 5.92 Å². The van der Waals surface area contributed by atoms with Gasteiger partial charge in [-0.25, -0.2) is 0 Å². The normalized spacial score (nSPS) is 17.6. The molecule has 83 heavy (non-hydrogen) atoms. The lowest BCUT2D eigenvalue weighted by Crippen LogP contribution is -2.53. The van der Waals surface area contributed by atoms with Crippen LogP contribution >= 0.6 is 0 Å². The van der Waals surface area contributed by atoms with Gasteiger partial charge in [-0.2, -0.15) is 0 Å². The summed E-state index contributed by atoms with van der Waals surface area (Å²) in [5.74, 6) is -1.87. The third-order valence-electron chi connectivity index (χ3n) is 14.4. The van der Waals surface area contributed by atoms with Crippen molar-refractivity contribution in [3.05, 3.63) is 120 Å². The van der Waals surface area contributed by atoms with Gasteiger partial charge in [0.15, 0.2) is 23.0 Å². The van der Waals surface area contributed by atoms with Crippen LogP contribution < -0.4 is 39.6 Å². The predicted molar refractivity (Wildman–Crippen MR) is 300 cm³/mol. The first-order chi connectivity index (χ1) is 39.8. The van der Waals surface area contributed by atoms with E-state index in [1.807, 2.05) is 12.1 Å². The van der Waals surface area contributed by atoms with Crippen LogP contribution in [0.25, 0.3) is 11.1 Å². The molecule has 0 fully saturated rings. The fourth-order valence-electron chi connectivity index (χ4n) is 9.99. The van der Waals surface area contributed by atoms with Crippen LogP contribution in [0.15, 0.2) is 107 Å². The SMILES string of the molecule is COc1cc2c(cc1OCCCOc1cc3c(cc1OC)C(=O)N1C=C(c4ccc(OC(F)(F)F)cc4)C[C@H]1C=N3)N=C[C@@H]1CC(c3ccc(NC(=O)C(C)NC(=O)C(NC(=O)CCCCCN4C(=O)C=CC4=O)C(C)C)cc3)=CN1C2=O. The van der Waals surface area contributed by atoms with Crippen LogP contribution in [0.5, 0.6) is 28.7 Å². The molecule has 0 saturated carbocycles. The fourth-order valence-corrected chi connectivity index (χ4v) is 9.99. The molecule has 5 aliphatic rings. The largest absolute Gasteiger partial charge is 0.573 e. The number of nitrogens with zero attached hydrogens (tertiary/aromatic N) is 5. The average molecular weight is 1140 g/mol. The Balaban J connectivity index is 0.738. The number of alkyl halides is 3. The van der Waals surface area contributed by atoms with Crippen LogP contribution in [0.3, 0.4) is 0 Å². The number of unbranched alkanes of at least 4 members (excludes halogenated alkanes) is 2. The third-order valence-corrected chi connectivity index (χ3v) is 14.4. The number of methoxy groups -OCH3 is 2. The number of halogens is 3. The van der Waals surface area contributed by atoms with Crippen LogP contribution in [0.1, 0.15) is 97.6 Å². The number of fused-ring (bicyclic) bond motifs is 4. The lowest BCUT2D eigenvalue weighted by Gasteiger charge is -2.24. The summed E-state index contributed by atoms with van der Waals surface area (Å²) in [7, 11) is 2.93. The summed E-state index contributed by atoms with van der Waals surface area (Å²) in [4.78, 5) is 104. The molecule has 5 aliphatic heterocycles. The van der Waals surface area contributed by atoms with E-state index in [0.717, 1.165) is 21.6 Å². The van der Waals surface area contributed by atoms with Crippen LogP contribution in [0.2, 0.25) is 0 Å². The second kappa shape index (κ2) is 25.2. The summed E-state index contributed by atoms with van der Waals surface area (Å²) in [6.07, 6.45) is 7.56. The highest BCUT2D eigenvalue weighted by molar-refractivity contribution is 6.13. The molecule has 0 spiro atoms. The number of aliphatic imine (C=N–C) groups is 2. The van der Waals surface area contributed by atoms with E-state index in [9.17, 15) is 46.7 Å². The Labute approximate surface area is 476 Å². The van der Waals surface area contributed by atoms with Crippen molar-refractivity contribution < 1.29 is 70.4 Å². The molecule has 434 valence electrons. The van der Waals surface area contributed by atoms with Gasteiger partial charge in [-0.1, -0.05) is 44.5 Å². The predicted octanol–water partition coefficient (Wildman–Crippen LogP) is 8.46. The summed E-state index contributed by atoms with van der Waals surface area (Å²) in [5, 5.41) is 8.30. The van der Waals surface area contributed by atoms with Crippen molar-refractivity contribution in [2.45, 2.75) is 96.2 Å². The van der Waals surface area contributed by atoms with Gasteiger partial charge in [0.25, 0.3) is 23.6 Å². The minimum atomic E-state index is -4.81. The van der Waals surface area contributed by atoms with Gasteiger partial charge in [0, 0.05) is 87.0 Å². The van der Waals surface area contributed by atoms with Gasteiger partial charge in [0.1, 0.15) is 17.8 Å². The zero-order chi connectivity index (χ0) is 59.1. The molecule has 4 atom stereocenters. The summed E-state index contributed by atoms with van der Waals surface area (Å²) in [6.45, 7) is 5.78. The number of rotatable bonds is 23. The highest BCUT2D eigenvalue weighted by Gasteiger charge is 2.37. The van der Waals surface area contributed by atoms with E-state index in [1.54, 1.807) is 86.9 Å². The zero-order valence-corrected chi connectivity index (χ0v) is 46.1. The van der Waals surface area contributed by atoms with Crippen molar-refractivity contribution in [3.63, 3.8) is 0 Å². The van der Waals surface area contributed by atoms with Crippen molar-refractivity contribution in [2.24, 2.45) is 15.9 Å². The minimum Gasteiger partial charge on any atom is -0.493 e. The number of carbonyl (C=O) groups is 7. The Kier molecular flexibility index (Phi) is 17.8. The number of imide groups is 1. The molecule has 0 aliphatic carbocycles. The molecule has 4 aromatic carbocycles. The number of benzene rings is 4. The number of ether oxygens (including phenoxy) is 5. The van der Waals surface area contributed by atoms with E-state index in [4.69, 9.17) is 23.9 Å². The maximum absolute atomic E-state index is 14.1. The molecule has 2 unspecified atom stereocenters. The van der Waals surface area contributed by atoms with Gasteiger partial charge in [-0.15, -0.1) is 13.2 Å². The molecule has 20 nitrogen and oxygen atoms in total. The maximum atomic E-state index is 14.1. The van der Waals surface area contributed by atoms with Gasteiger partial charge in [-0.05, 0) is 84.4 Å². The smallest absolute Gasteiger partial charge is 0.493 e. The number of amides is 7. The molecule has 5 heterocycles. The standard InChI is InChI=1S/C60H61F3N8O12/c1-34(2)55(68-52(72)10-7-6-8-21-69-53(73)19-20-54(69)74)57(76)66-35(3)56(75)67-40-15-11-36(12-16-40)38-24-41-30-64-46-28-50(48(79-4)26-44(46)58(77)70(41)32-38)81-22-9-23-82-51-29-47-45(27-49(51)80-5)59(78)71-33-39(25-42(71)31-65-47)37-13-17-43(18-14-37)83-60(61,62)63/h11-20,26-35,41-42,55H,6-10,21-25H2,1-5H3,(H,66,76)(H,67,75)(H,68,72)/t35?,41-,42-,55?/m0/s1. The Morgan fingerprint density at radius 2 is 1.17 bits per heavy atom. The van der Waals surface area contributed by atoms with Crippen LogP contribution in [-0.4, -0.2) is 133 Å². The highest BCUT2D eigenvalue weighted by atomic mass is 19.4. The molecule has 0 saturated heterocycles. The molecule has 0 aromatic heterocycles. The summed E-state index contributed by atoms with van der Waals surface area (Å²) in [6, 6.07) is 16.4. The molecule has 23 heteroatoms. The van der Waals surface area contributed by atoms with Crippen molar-refractivity contribution in [1.82, 2.24) is 25.3 Å². The number of hydrogen-bond acceptors (Lipinski definition) is 14. The average Bonchev–Trinajstić information content (AvgIpc) is 2.88. The Morgan fingerprint density at radius 3 is 1.66 bits per heavy atom. The molecule has 7 amide bonds. The van der Waals surface area contributed by atoms with E-state index in [0.29, 0.717) is 89.7 Å². The first kappa shape index (κ1) is 58.4. The van der Waals surface area contributed by atoms with Crippen molar-refractivity contribution in [1.29, 1.82) is 0 Å². The van der Waals surface area contributed by atoms with E-state index in [1.165, 1.54) is 55.5 Å². The molecule has 3 N–H and O–H groups in total. The summed E-state index contributed by atoms with van der Waals surface area (Å²) >= 11 is 0. The molecule has 0 bridgehead atoms. The Morgan fingerprint density at radius 1 is 0.651 bits per heavy atom. The number of carbonyl (C=O) groups excluding carboxylic acids is 7. The summed E-state index contributed by atoms with van der Waals surface area (Å²) < 4.78 is 65.6. The van der Waals surface area contributed by atoms with Crippen LogP contribution in [-0.2, 0) is 24.0 Å². The van der Waals surface area contributed by atoms with E-state index in [-0.39, 0.29) is 79.0 Å². The van der Waals surface area contributed by atoms with Gasteiger partial charge in [0.05, 0.1) is 62.0 Å². The van der Waals surface area contributed by atoms with E-state index >= 15 is 0 Å². The van der Waals surface area contributed by atoms with E-state index < -0.39 is 36.3 Å². The quantitative estimate of drug-likeness (QED) is 0.0469. The fraction of sp³-hybridized carbons (Fsp3) is 0.350. The molecule has 9 rings (SSSR count). The topological polar surface area (TPSA) is 236 Å². The second-order valence-corrected chi connectivity index (χ2v) is 20.6. The number of anilines is 1. The van der Waals surface area contributed by atoms with Gasteiger partial charge < -0.3 is 49.4 Å². The Hall–Kier alpha value is -9.28. The lowest BCUT2D eigenvalue weighted by atomic mass is 10.0. The minimum absolute atomic E-state index is 0.151. The first-order valence-electron chi connectivity index (χ1n) is 27.0. The first-order valence-corrected chi connectivity index (χ1v) is 27.0. The molecule has 4 aromatic rings. The van der Waals surface area contributed by atoms with Gasteiger partial charge >= 0.3 is 6.36 Å². The lowest BCUT2D eigenvalue weighted by molar-refractivity contribution is -0.274.